The fourth-order valence-electron chi connectivity index (χ4n) is 3.08. The van der Waals surface area contributed by atoms with Crippen LogP contribution in [0.1, 0.15) is 21.5 Å². The number of aliphatic imine (C=N–C) groups is 1. The van der Waals surface area contributed by atoms with E-state index in [9.17, 15) is 9.18 Å². The average molecular weight is 379 g/mol. The van der Waals surface area contributed by atoms with Gasteiger partial charge in [-0.1, -0.05) is 30.3 Å². The fourth-order valence-corrected chi connectivity index (χ4v) is 3.71. The van der Waals surface area contributed by atoms with Gasteiger partial charge in [-0.3, -0.25) is 9.79 Å². The summed E-state index contributed by atoms with van der Waals surface area (Å²) in [4.78, 5) is 16.9. The number of nitrogens with one attached hydrogen (secondary N) is 2. The molecule has 1 aliphatic heterocycles. The molecule has 1 atom stereocenters. The summed E-state index contributed by atoms with van der Waals surface area (Å²) in [7, 11) is 0. The molecular weight excluding hydrogens is 361 g/mol. The van der Waals surface area contributed by atoms with Crippen LogP contribution in [0.3, 0.4) is 0 Å². The third-order valence-electron chi connectivity index (χ3n) is 4.43. The molecule has 0 bridgehead atoms. The van der Waals surface area contributed by atoms with Gasteiger partial charge in [0.1, 0.15) is 5.82 Å². The Kier molecular flexibility index (Phi) is 4.98. The van der Waals surface area contributed by atoms with Crippen LogP contribution in [0.4, 0.5) is 10.1 Å². The highest BCUT2D eigenvalue weighted by molar-refractivity contribution is 7.08. The van der Waals surface area contributed by atoms with Crippen molar-refractivity contribution in [2.75, 3.05) is 18.4 Å². The Bertz CT molecular complexity index is 985. The second kappa shape index (κ2) is 7.72. The number of halogens is 1. The molecule has 0 aliphatic carbocycles. The number of fused-ring (bicyclic) bond motifs is 1. The quantitative estimate of drug-likeness (QED) is 0.721. The molecule has 4 rings (SSSR count). The maximum atomic E-state index is 14.4. The zero-order valence-electron chi connectivity index (χ0n) is 14.5. The summed E-state index contributed by atoms with van der Waals surface area (Å²) in [6.45, 7) is 0.860. The van der Waals surface area contributed by atoms with Gasteiger partial charge in [-0.25, -0.2) is 4.39 Å². The Morgan fingerprint density at radius 3 is 2.70 bits per heavy atom. The van der Waals surface area contributed by atoms with E-state index in [-0.39, 0.29) is 17.8 Å². The number of para-hydroxylation sites is 1. The molecule has 6 heteroatoms. The van der Waals surface area contributed by atoms with Crippen LogP contribution in [-0.2, 0) is 0 Å². The van der Waals surface area contributed by atoms with E-state index in [0.717, 1.165) is 11.3 Å². The first-order valence-corrected chi connectivity index (χ1v) is 9.62. The number of benzodiazepines with no additional fused rings is 1. The predicted octanol–water partition coefficient (Wildman–Crippen LogP) is 3.95. The van der Waals surface area contributed by atoms with Gasteiger partial charge in [-0.05, 0) is 29.6 Å². The van der Waals surface area contributed by atoms with Crippen molar-refractivity contribution in [2.45, 2.75) is 6.04 Å². The second-order valence-electron chi connectivity index (χ2n) is 6.28. The standard InChI is InChI=1S/C21H18FN3OS/c22-18-7-3-1-5-16(18)20-17-6-2-4-8-19(17)25-15(11-23-20)12-24-21(26)14-9-10-27-13-14/h1-10,13,15,25H,11-12H2,(H,24,26). The molecular formula is C21H18FN3OS. The van der Waals surface area contributed by atoms with E-state index < -0.39 is 0 Å². The monoisotopic (exact) mass is 379 g/mol. The molecule has 0 saturated carbocycles. The topological polar surface area (TPSA) is 53.5 Å². The second-order valence-corrected chi connectivity index (χ2v) is 7.06. The SMILES string of the molecule is O=C(NCC1CN=C(c2ccccc2F)c2ccccc2N1)c1ccsc1. The molecule has 2 N–H and O–H groups in total. The Morgan fingerprint density at radius 1 is 1.15 bits per heavy atom. The Balaban J connectivity index is 1.59. The van der Waals surface area contributed by atoms with Crippen LogP contribution in [0, 0.1) is 5.82 Å². The largest absolute Gasteiger partial charge is 0.378 e. The average Bonchev–Trinajstić information content (AvgIpc) is 3.16. The maximum absolute atomic E-state index is 14.4. The predicted molar refractivity (Wildman–Crippen MR) is 107 cm³/mol. The van der Waals surface area contributed by atoms with Crippen LogP contribution in [0.15, 0.2) is 70.3 Å². The summed E-state index contributed by atoms with van der Waals surface area (Å²) in [5.74, 6) is -0.399. The molecule has 1 unspecified atom stereocenters. The highest BCUT2D eigenvalue weighted by Gasteiger charge is 2.21. The lowest BCUT2D eigenvalue weighted by atomic mass is 10.0. The van der Waals surface area contributed by atoms with Crippen molar-refractivity contribution in [2.24, 2.45) is 4.99 Å². The number of amides is 1. The first-order valence-electron chi connectivity index (χ1n) is 8.68. The third-order valence-corrected chi connectivity index (χ3v) is 5.12. The van der Waals surface area contributed by atoms with Crippen LogP contribution in [0.2, 0.25) is 0 Å². The molecule has 4 nitrogen and oxygen atoms in total. The van der Waals surface area contributed by atoms with Crippen molar-refractivity contribution < 1.29 is 9.18 Å². The van der Waals surface area contributed by atoms with Crippen molar-refractivity contribution in [3.8, 4) is 0 Å². The number of benzene rings is 2. The van der Waals surface area contributed by atoms with E-state index in [4.69, 9.17) is 0 Å². The van der Waals surface area contributed by atoms with Gasteiger partial charge in [0, 0.05) is 34.3 Å². The van der Waals surface area contributed by atoms with Crippen LogP contribution in [0.25, 0.3) is 0 Å². The van der Waals surface area contributed by atoms with Gasteiger partial charge in [0.2, 0.25) is 0 Å². The van der Waals surface area contributed by atoms with Gasteiger partial charge in [-0.15, -0.1) is 0 Å². The lowest BCUT2D eigenvalue weighted by molar-refractivity contribution is 0.0952. The van der Waals surface area contributed by atoms with Crippen LogP contribution in [0.5, 0.6) is 0 Å². The van der Waals surface area contributed by atoms with Gasteiger partial charge in [-0.2, -0.15) is 11.3 Å². The zero-order valence-corrected chi connectivity index (χ0v) is 15.3. The highest BCUT2D eigenvalue weighted by Crippen LogP contribution is 2.24. The first kappa shape index (κ1) is 17.4. The number of hydrogen-bond acceptors (Lipinski definition) is 4. The molecule has 3 aromatic rings. The van der Waals surface area contributed by atoms with Crippen molar-refractivity contribution in [3.63, 3.8) is 0 Å². The lowest BCUT2D eigenvalue weighted by Crippen LogP contribution is -2.38. The summed E-state index contributed by atoms with van der Waals surface area (Å²) in [6.07, 6.45) is 0. The summed E-state index contributed by atoms with van der Waals surface area (Å²) in [6, 6.07) is 16.1. The molecule has 2 heterocycles. The first-order chi connectivity index (χ1) is 13.2. The molecule has 1 aromatic heterocycles. The minimum Gasteiger partial charge on any atom is -0.378 e. The minimum absolute atomic E-state index is 0.0852. The van der Waals surface area contributed by atoms with Gasteiger partial charge in [0.05, 0.1) is 18.3 Å². The number of hydrogen-bond donors (Lipinski definition) is 2. The van der Waals surface area contributed by atoms with Crippen molar-refractivity contribution in [1.29, 1.82) is 0 Å². The van der Waals surface area contributed by atoms with E-state index in [1.807, 2.05) is 35.0 Å². The molecule has 1 amide bonds. The minimum atomic E-state index is -0.296. The van der Waals surface area contributed by atoms with Gasteiger partial charge in [0.15, 0.2) is 0 Å². The van der Waals surface area contributed by atoms with E-state index in [0.29, 0.717) is 29.9 Å². The van der Waals surface area contributed by atoms with Gasteiger partial charge >= 0.3 is 0 Å². The molecule has 27 heavy (non-hydrogen) atoms. The van der Waals surface area contributed by atoms with Gasteiger partial charge < -0.3 is 10.6 Å². The summed E-state index contributed by atoms with van der Waals surface area (Å²) < 4.78 is 14.4. The van der Waals surface area contributed by atoms with E-state index in [1.165, 1.54) is 17.4 Å². The Labute approximate surface area is 160 Å². The molecule has 0 spiro atoms. The Morgan fingerprint density at radius 2 is 1.93 bits per heavy atom. The lowest BCUT2D eigenvalue weighted by Gasteiger charge is -2.18. The molecule has 136 valence electrons. The van der Waals surface area contributed by atoms with Crippen LogP contribution < -0.4 is 10.6 Å². The summed E-state index contributed by atoms with van der Waals surface area (Å²) in [5.41, 5.74) is 3.50. The molecule has 0 saturated heterocycles. The highest BCUT2D eigenvalue weighted by atomic mass is 32.1. The van der Waals surface area contributed by atoms with E-state index in [1.54, 1.807) is 24.3 Å². The van der Waals surface area contributed by atoms with Gasteiger partial charge in [0.25, 0.3) is 5.91 Å². The normalized spacial score (nSPS) is 15.9. The van der Waals surface area contributed by atoms with Crippen LogP contribution in [-0.4, -0.2) is 30.8 Å². The van der Waals surface area contributed by atoms with Crippen molar-refractivity contribution in [3.05, 3.63) is 87.9 Å². The summed E-state index contributed by atoms with van der Waals surface area (Å²) in [5, 5.41) is 10.1. The number of anilines is 1. The van der Waals surface area contributed by atoms with Crippen LogP contribution >= 0.6 is 11.3 Å². The van der Waals surface area contributed by atoms with E-state index in [2.05, 4.69) is 15.6 Å². The third kappa shape index (κ3) is 3.75. The fraction of sp³-hybridized carbons (Fsp3) is 0.143. The number of thiophene rings is 1. The molecule has 0 radical (unpaired) electrons. The Hall–Kier alpha value is -2.99. The van der Waals surface area contributed by atoms with Crippen molar-refractivity contribution >= 4 is 28.6 Å². The van der Waals surface area contributed by atoms with E-state index >= 15 is 0 Å². The zero-order chi connectivity index (χ0) is 18.6. The number of rotatable bonds is 4. The maximum Gasteiger partial charge on any atom is 0.252 e. The molecule has 0 fully saturated rings. The summed E-state index contributed by atoms with van der Waals surface area (Å²) >= 11 is 1.49. The number of carbonyl (C=O) groups is 1. The number of nitrogens with zero attached hydrogens (tertiary/aromatic N) is 1. The molecule has 2 aromatic carbocycles. The van der Waals surface area contributed by atoms with Crippen molar-refractivity contribution in [1.82, 2.24) is 5.32 Å². The molecule has 1 aliphatic rings. The number of carbonyl (C=O) groups excluding carboxylic acids is 1. The smallest absolute Gasteiger partial charge is 0.252 e.